The Hall–Kier alpha value is -2.75. The fourth-order valence-corrected chi connectivity index (χ4v) is 7.37. The molecule has 3 aromatic rings. The highest BCUT2D eigenvalue weighted by Crippen LogP contribution is 2.38. The molecule has 47 heavy (non-hydrogen) atoms. The highest BCUT2D eigenvalue weighted by molar-refractivity contribution is 7.99. The molecule has 3 aliphatic heterocycles. The first-order valence-corrected chi connectivity index (χ1v) is 16.8. The lowest BCUT2D eigenvalue weighted by atomic mass is 9.92. The number of thioether (sulfide) groups is 1. The zero-order chi connectivity index (χ0) is 33.4. The summed E-state index contributed by atoms with van der Waals surface area (Å²) in [4.78, 5) is 2.24. The Morgan fingerprint density at radius 2 is 1.64 bits per heavy atom. The van der Waals surface area contributed by atoms with Crippen LogP contribution in [0.15, 0.2) is 54.6 Å². The van der Waals surface area contributed by atoms with E-state index in [2.05, 4.69) is 4.90 Å². The molecule has 254 valence electrons. The lowest BCUT2D eigenvalue weighted by Crippen LogP contribution is -2.53. The van der Waals surface area contributed by atoms with Crippen molar-refractivity contribution in [1.82, 2.24) is 4.90 Å². The fraction of sp³-hybridized carbons (Fsp3) is 0.471. The second-order valence-corrected chi connectivity index (χ2v) is 13.4. The third-order valence-electron chi connectivity index (χ3n) is 9.25. The molecule has 3 saturated heterocycles. The van der Waals surface area contributed by atoms with Crippen LogP contribution < -0.4 is 10.5 Å². The maximum atomic E-state index is 14.9. The summed E-state index contributed by atoms with van der Waals surface area (Å²) in [6.07, 6.45) is -3.51. The molecule has 3 heterocycles. The van der Waals surface area contributed by atoms with Crippen molar-refractivity contribution in [3.63, 3.8) is 0 Å². The Morgan fingerprint density at radius 1 is 0.894 bits per heavy atom. The second-order valence-electron chi connectivity index (χ2n) is 12.4. The summed E-state index contributed by atoms with van der Waals surface area (Å²) in [5.74, 6) is -2.13. The number of aliphatic hydroxyl groups excluding tert-OH is 3. The van der Waals surface area contributed by atoms with Crippen molar-refractivity contribution >= 4 is 11.8 Å². The zero-order valence-corrected chi connectivity index (χ0v) is 26.5. The number of halogens is 4. The number of hydrogen-bond acceptors (Lipinski definition) is 9. The van der Waals surface area contributed by atoms with E-state index in [4.69, 9.17) is 19.9 Å². The number of rotatable bonds is 8. The Morgan fingerprint density at radius 3 is 2.36 bits per heavy atom. The molecule has 9 atom stereocenters. The Labute approximate surface area is 274 Å². The SMILES string of the molecule is CS[C@H]1O[C@@H](c2cc(Cc3ccc(O[C@@H]4CCN([C@H]5CO[C@H](c6cc(F)ccc6F)[C@@H](N)C5)C4)cc3)c(F)cc2F)[C@H](O)[C@@H](O)[C@@H]1O. The molecule has 6 rings (SSSR count). The predicted octanol–water partition coefficient (Wildman–Crippen LogP) is 3.99. The summed E-state index contributed by atoms with van der Waals surface area (Å²) in [5, 5.41) is 30.9. The maximum Gasteiger partial charge on any atom is 0.132 e. The summed E-state index contributed by atoms with van der Waals surface area (Å²) in [7, 11) is 0. The van der Waals surface area contributed by atoms with Crippen LogP contribution in [0.2, 0.25) is 0 Å². The minimum absolute atomic E-state index is 0.0180. The van der Waals surface area contributed by atoms with Crippen LogP contribution in [0.5, 0.6) is 5.75 Å². The Bertz CT molecular complexity index is 1550. The van der Waals surface area contributed by atoms with Crippen LogP contribution in [0.25, 0.3) is 0 Å². The van der Waals surface area contributed by atoms with Crippen LogP contribution in [0.3, 0.4) is 0 Å². The van der Waals surface area contributed by atoms with Gasteiger partial charge in [0.25, 0.3) is 0 Å². The molecule has 0 aromatic heterocycles. The third-order valence-corrected chi connectivity index (χ3v) is 10.1. The van der Waals surface area contributed by atoms with Gasteiger partial charge in [-0.25, -0.2) is 17.6 Å². The van der Waals surface area contributed by atoms with E-state index in [9.17, 15) is 32.9 Å². The summed E-state index contributed by atoms with van der Waals surface area (Å²) >= 11 is 1.11. The summed E-state index contributed by atoms with van der Waals surface area (Å²) in [6.45, 7) is 1.74. The minimum atomic E-state index is -1.60. The van der Waals surface area contributed by atoms with Crippen LogP contribution in [-0.2, 0) is 15.9 Å². The fourth-order valence-electron chi connectivity index (χ4n) is 6.70. The molecular formula is C34H38F4N2O6S. The van der Waals surface area contributed by atoms with Gasteiger partial charge in [0.15, 0.2) is 0 Å². The highest BCUT2D eigenvalue weighted by atomic mass is 32.2. The standard InChI is InChI=1S/C34H38F4N2O6S/c1-47-34-31(43)29(41)30(42)33(46-34)23-11-18(26(37)14-27(23)38)10-17-2-5-21(6-3-17)45-22-8-9-40(15-22)20-13-28(39)32(44-16-20)24-12-19(35)4-7-25(24)36/h2-7,11-12,14,20,22,28-34,41-43H,8-10,13,15-16,39H2,1H3/t20-,22-,28+,29-,30-,31+,32-,33+,34-/m1/s1. The number of hydrogen-bond donors (Lipinski definition) is 4. The molecule has 0 spiro atoms. The molecule has 13 heteroatoms. The average Bonchev–Trinajstić information content (AvgIpc) is 3.52. The van der Waals surface area contributed by atoms with Gasteiger partial charge in [-0.05, 0) is 66.6 Å². The van der Waals surface area contributed by atoms with Crippen molar-refractivity contribution in [2.45, 2.75) is 73.4 Å². The smallest absolute Gasteiger partial charge is 0.132 e. The van der Waals surface area contributed by atoms with Crippen LogP contribution in [0, 0.1) is 23.3 Å². The van der Waals surface area contributed by atoms with Crippen molar-refractivity contribution in [3.05, 3.63) is 100 Å². The van der Waals surface area contributed by atoms with Gasteiger partial charge >= 0.3 is 0 Å². The molecular weight excluding hydrogens is 640 g/mol. The molecule has 3 aliphatic rings. The third kappa shape index (κ3) is 7.32. The molecule has 0 aliphatic carbocycles. The molecule has 3 aromatic carbocycles. The van der Waals surface area contributed by atoms with Crippen LogP contribution >= 0.6 is 11.8 Å². The lowest BCUT2D eigenvalue weighted by Gasteiger charge is -2.40. The molecule has 8 nitrogen and oxygen atoms in total. The van der Waals surface area contributed by atoms with E-state index in [1.54, 1.807) is 30.5 Å². The van der Waals surface area contributed by atoms with Crippen molar-refractivity contribution in [3.8, 4) is 5.75 Å². The summed E-state index contributed by atoms with van der Waals surface area (Å²) in [6, 6.07) is 12.0. The first kappa shape index (κ1) is 34.1. The number of nitrogens with two attached hydrogens (primary N) is 1. The number of aliphatic hydroxyl groups is 3. The van der Waals surface area contributed by atoms with Gasteiger partial charge in [-0.1, -0.05) is 12.1 Å². The van der Waals surface area contributed by atoms with E-state index in [1.807, 2.05) is 0 Å². The van der Waals surface area contributed by atoms with Gasteiger partial charge in [-0.3, -0.25) is 4.90 Å². The van der Waals surface area contributed by atoms with Gasteiger partial charge in [-0.15, -0.1) is 11.8 Å². The molecule has 3 fully saturated rings. The quantitative estimate of drug-likeness (QED) is 0.263. The van der Waals surface area contributed by atoms with Gasteiger partial charge < -0.3 is 35.3 Å². The van der Waals surface area contributed by atoms with E-state index in [1.165, 1.54) is 6.07 Å². The first-order valence-electron chi connectivity index (χ1n) is 15.5. The topological polar surface area (TPSA) is 118 Å². The minimum Gasteiger partial charge on any atom is -0.489 e. The van der Waals surface area contributed by atoms with Crippen LogP contribution in [0.1, 0.15) is 47.3 Å². The first-order chi connectivity index (χ1) is 22.5. The van der Waals surface area contributed by atoms with Gasteiger partial charge in [0.1, 0.15) is 71.1 Å². The van der Waals surface area contributed by atoms with Crippen molar-refractivity contribution in [1.29, 1.82) is 0 Å². The Balaban J connectivity index is 1.05. The molecule has 0 amide bonds. The highest BCUT2D eigenvalue weighted by Gasteiger charge is 2.45. The number of likely N-dealkylation sites (tertiary alicyclic amines) is 1. The van der Waals surface area contributed by atoms with Gasteiger partial charge in [0.2, 0.25) is 0 Å². The number of nitrogens with zero attached hydrogens (tertiary/aromatic N) is 1. The maximum absolute atomic E-state index is 14.9. The molecule has 0 saturated carbocycles. The van der Waals surface area contributed by atoms with Gasteiger partial charge in [0, 0.05) is 48.8 Å². The summed E-state index contributed by atoms with van der Waals surface area (Å²) < 4.78 is 75.6. The van der Waals surface area contributed by atoms with Crippen LogP contribution in [0.4, 0.5) is 17.6 Å². The normalized spacial score (nSPS) is 31.6. The van der Waals surface area contributed by atoms with E-state index >= 15 is 0 Å². The predicted molar refractivity (Wildman–Crippen MR) is 167 cm³/mol. The van der Waals surface area contributed by atoms with Crippen LogP contribution in [-0.4, -0.2) is 88.1 Å². The van der Waals surface area contributed by atoms with Crippen molar-refractivity contribution in [2.75, 3.05) is 26.0 Å². The lowest BCUT2D eigenvalue weighted by molar-refractivity contribution is -0.200. The summed E-state index contributed by atoms with van der Waals surface area (Å²) in [5.41, 5.74) is 6.39. The van der Waals surface area contributed by atoms with E-state index in [0.717, 1.165) is 54.6 Å². The number of benzene rings is 3. The molecule has 0 unspecified atom stereocenters. The molecule has 0 radical (unpaired) electrons. The van der Waals surface area contributed by atoms with Crippen molar-refractivity contribution < 1.29 is 47.1 Å². The van der Waals surface area contributed by atoms with Gasteiger partial charge in [0.05, 0.1) is 6.61 Å². The van der Waals surface area contributed by atoms with E-state index < -0.39 is 65.3 Å². The monoisotopic (exact) mass is 678 g/mol. The van der Waals surface area contributed by atoms with E-state index in [0.29, 0.717) is 25.3 Å². The number of ether oxygens (including phenoxy) is 3. The van der Waals surface area contributed by atoms with E-state index in [-0.39, 0.29) is 35.3 Å². The zero-order valence-electron chi connectivity index (χ0n) is 25.6. The van der Waals surface area contributed by atoms with Crippen molar-refractivity contribution in [2.24, 2.45) is 5.73 Å². The average molecular weight is 679 g/mol. The molecule has 5 N–H and O–H groups in total. The van der Waals surface area contributed by atoms with Gasteiger partial charge in [-0.2, -0.15) is 0 Å². The second kappa shape index (κ2) is 14.4. The molecule has 0 bridgehead atoms. The Kier molecular flexibility index (Phi) is 10.4. The largest absolute Gasteiger partial charge is 0.489 e.